The van der Waals surface area contributed by atoms with Gasteiger partial charge in [-0.05, 0) is 26.2 Å². The lowest BCUT2D eigenvalue weighted by molar-refractivity contribution is -0.121. The third-order valence-electron chi connectivity index (χ3n) is 4.91. The Labute approximate surface area is 150 Å². The molecule has 2 atom stereocenters. The van der Waals surface area contributed by atoms with Crippen LogP contribution in [-0.4, -0.2) is 60.2 Å². The van der Waals surface area contributed by atoms with Crippen LogP contribution in [0.3, 0.4) is 0 Å². The van der Waals surface area contributed by atoms with Crippen LogP contribution in [0.2, 0.25) is 0 Å². The summed E-state index contributed by atoms with van der Waals surface area (Å²) in [5.41, 5.74) is 8.08. The monoisotopic (exact) mass is 349 g/mol. The van der Waals surface area contributed by atoms with Crippen LogP contribution in [0.1, 0.15) is 36.7 Å². The second-order valence-electron chi connectivity index (χ2n) is 6.88. The van der Waals surface area contributed by atoms with Crippen LogP contribution in [-0.2, 0) is 16.0 Å². The van der Waals surface area contributed by atoms with E-state index in [4.69, 9.17) is 10.5 Å². The summed E-state index contributed by atoms with van der Waals surface area (Å²) in [6.45, 7) is 9.47. The number of nitrogens with one attached hydrogen (secondary N) is 1. The predicted molar refractivity (Wildman–Crippen MR) is 98.3 cm³/mol. The molecule has 1 amide bonds. The fraction of sp³-hybridized carbons (Fsp3) is 0.722. The van der Waals surface area contributed by atoms with Crippen molar-refractivity contribution in [3.63, 3.8) is 0 Å². The molecule has 2 heterocycles. The van der Waals surface area contributed by atoms with Crippen LogP contribution in [0.15, 0.2) is 0 Å². The number of likely N-dealkylation sites (tertiary alicyclic amines) is 1. The zero-order valence-electron chi connectivity index (χ0n) is 15.8. The van der Waals surface area contributed by atoms with Gasteiger partial charge in [-0.1, -0.05) is 13.3 Å². The topological polar surface area (TPSA) is 93.4 Å². The van der Waals surface area contributed by atoms with Gasteiger partial charge in [0.05, 0.1) is 13.0 Å². The highest BCUT2D eigenvalue weighted by atomic mass is 16.5. The van der Waals surface area contributed by atoms with Crippen molar-refractivity contribution in [1.29, 1.82) is 0 Å². The van der Waals surface area contributed by atoms with Crippen molar-refractivity contribution in [2.75, 3.05) is 39.1 Å². The fourth-order valence-corrected chi connectivity index (χ4v) is 3.63. The predicted octanol–water partition coefficient (Wildman–Crippen LogP) is 1.08. The average Bonchev–Trinajstić information content (AvgIpc) is 2.91. The van der Waals surface area contributed by atoms with E-state index in [-0.39, 0.29) is 17.9 Å². The first kappa shape index (κ1) is 19.6. The molecule has 3 N–H and O–H groups in total. The van der Waals surface area contributed by atoms with Crippen LogP contribution < -0.4 is 11.1 Å². The molecular weight excluding hydrogens is 318 g/mol. The Morgan fingerprint density at radius 2 is 2.00 bits per heavy atom. The Morgan fingerprint density at radius 3 is 2.60 bits per heavy atom. The molecule has 0 unspecified atom stereocenters. The van der Waals surface area contributed by atoms with E-state index in [1.165, 1.54) is 0 Å². The van der Waals surface area contributed by atoms with E-state index in [0.717, 1.165) is 56.0 Å². The number of nitrogen functional groups attached to an aromatic ring is 1. The third-order valence-corrected chi connectivity index (χ3v) is 4.91. The van der Waals surface area contributed by atoms with Crippen LogP contribution in [0, 0.1) is 19.8 Å². The van der Waals surface area contributed by atoms with Crippen LogP contribution >= 0.6 is 0 Å². The summed E-state index contributed by atoms with van der Waals surface area (Å²) in [5.74, 6) is 0.779. The Kier molecular flexibility index (Phi) is 7.13. The molecule has 1 aromatic rings. The summed E-state index contributed by atoms with van der Waals surface area (Å²) in [6, 6.07) is 0.194. The first-order valence-electron chi connectivity index (χ1n) is 9.04. The highest BCUT2D eigenvalue weighted by Gasteiger charge is 2.32. The van der Waals surface area contributed by atoms with Crippen molar-refractivity contribution in [2.24, 2.45) is 5.92 Å². The van der Waals surface area contributed by atoms with E-state index in [0.29, 0.717) is 12.3 Å². The van der Waals surface area contributed by atoms with E-state index < -0.39 is 0 Å². The van der Waals surface area contributed by atoms with Gasteiger partial charge in [0, 0.05) is 49.7 Å². The van der Waals surface area contributed by atoms with Crippen LogP contribution in [0.5, 0.6) is 0 Å². The van der Waals surface area contributed by atoms with Crippen molar-refractivity contribution >= 4 is 11.9 Å². The summed E-state index contributed by atoms with van der Waals surface area (Å²) < 4.78 is 5.18. The van der Waals surface area contributed by atoms with Gasteiger partial charge in [-0.3, -0.25) is 9.69 Å². The fourth-order valence-electron chi connectivity index (χ4n) is 3.63. The minimum atomic E-state index is 0.0271. The zero-order chi connectivity index (χ0) is 18.4. The van der Waals surface area contributed by atoms with Crippen molar-refractivity contribution < 1.29 is 9.53 Å². The number of aromatic nitrogens is 2. The molecule has 7 nitrogen and oxygen atoms in total. The van der Waals surface area contributed by atoms with E-state index in [1.54, 1.807) is 7.11 Å². The maximum absolute atomic E-state index is 12.6. The number of hydrogen-bond donors (Lipinski definition) is 2. The highest BCUT2D eigenvalue weighted by molar-refractivity contribution is 5.79. The molecule has 1 aliphatic heterocycles. The smallest absolute Gasteiger partial charge is 0.224 e. The molecular formula is C18H31N5O2. The van der Waals surface area contributed by atoms with E-state index in [2.05, 4.69) is 27.1 Å². The molecule has 0 bridgehead atoms. The Bertz CT molecular complexity index is 570. The molecule has 25 heavy (non-hydrogen) atoms. The number of aryl methyl sites for hydroxylation is 2. The number of ether oxygens (including phenoxy) is 1. The maximum atomic E-state index is 12.6. The summed E-state index contributed by atoms with van der Waals surface area (Å²) in [7, 11) is 1.72. The molecule has 0 radical (unpaired) electrons. The van der Waals surface area contributed by atoms with Crippen molar-refractivity contribution in [1.82, 2.24) is 20.2 Å². The Hall–Kier alpha value is -1.73. The first-order valence-corrected chi connectivity index (χ1v) is 9.04. The van der Waals surface area contributed by atoms with Gasteiger partial charge in [0.15, 0.2) is 0 Å². The number of anilines is 1. The van der Waals surface area contributed by atoms with Crippen LogP contribution in [0.25, 0.3) is 0 Å². The standard InChI is InChI=1S/C18H31N5O2/c1-5-6-14-10-23(7-8-25-4)11-16(14)22-17(24)9-15-12(2)20-18(19)21-13(15)3/h14,16H,5-11H2,1-4H3,(H,22,24)(H2,19,20,21)/t14-,16-/m0/s1. The molecule has 1 aliphatic rings. The van der Waals surface area contributed by atoms with Gasteiger partial charge in [-0.25, -0.2) is 9.97 Å². The van der Waals surface area contributed by atoms with Gasteiger partial charge >= 0.3 is 0 Å². The molecule has 0 aromatic carbocycles. The quantitative estimate of drug-likeness (QED) is 0.729. The minimum Gasteiger partial charge on any atom is -0.383 e. The zero-order valence-corrected chi connectivity index (χ0v) is 15.8. The van der Waals surface area contributed by atoms with Crippen molar-refractivity contribution in [3.05, 3.63) is 17.0 Å². The van der Waals surface area contributed by atoms with Gasteiger partial charge < -0.3 is 15.8 Å². The lowest BCUT2D eigenvalue weighted by atomic mass is 9.98. The Balaban J connectivity index is 1.98. The number of nitrogens with zero attached hydrogens (tertiary/aromatic N) is 3. The van der Waals surface area contributed by atoms with Gasteiger partial charge in [-0.2, -0.15) is 0 Å². The van der Waals surface area contributed by atoms with Crippen LogP contribution in [0.4, 0.5) is 5.95 Å². The second-order valence-corrected chi connectivity index (χ2v) is 6.88. The largest absolute Gasteiger partial charge is 0.383 e. The lowest BCUT2D eigenvalue weighted by Gasteiger charge is -2.20. The summed E-state index contributed by atoms with van der Waals surface area (Å²) in [4.78, 5) is 23.3. The number of rotatable bonds is 8. The molecule has 0 aliphatic carbocycles. The van der Waals surface area contributed by atoms with Gasteiger partial charge in [0.25, 0.3) is 0 Å². The molecule has 7 heteroatoms. The minimum absolute atomic E-state index is 0.0271. The number of nitrogens with two attached hydrogens (primary N) is 1. The maximum Gasteiger partial charge on any atom is 0.224 e. The second kappa shape index (κ2) is 9.10. The van der Waals surface area contributed by atoms with Gasteiger partial charge in [-0.15, -0.1) is 0 Å². The van der Waals surface area contributed by atoms with Crippen molar-refractivity contribution in [3.8, 4) is 0 Å². The molecule has 1 saturated heterocycles. The number of carbonyl (C=O) groups is 1. The molecule has 1 aromatic heterocycles. The van der Waals surface area contributed by atoms with E-state index in [9.17, 15) is 4.79 Å². The molecule has 140 valence electrons. The summed E-state index contributed by atoms with van der Waals surface area (Å²) >= 11 is 0. The number of carbonyl (C=O) groups excluding carboxylic acids is 1. The highest BCUT2D eigenvalue weighted by Crippen LogP contribution is 2.22. The van der Waals surface area contributed by atoms with Gasteiger partial charge in [0.2, 0.25) is 11.9 Å². The van der Waals surface area contributed by atoms with Crippen molar-refractivity contribution in [2.45, 2.75) is 46.1 Å². The molecule has 1 fully saturated rings. The van der Waals surface area contributed by atoms with Gasteiger partial charge in [0.1, 0.15) is 0 Å². The molecule has 2 rings (SSSR count). The molecule has 0 saturated carbocycles. The SMILES string of the molecule is CCC[C@H]1CN(CCOC)C[C@@H]1NC(=O)Cc1c(C)nc(N)nc1C. The van der Waals surface area contributed by atoms with E-state index in [1.807, 2.05) is 13.8 Å². The lowest BCUT2D eigenvalue weighted by Crippen LogP contribution is -2.41. The first-order chi connectivity index (χ1) is 11.9. The third kappa shape index (κ3) is 5.37. The average molecular weight is 349 g/mol. The number of hydrogen-bond acceptors (Lipinski definition) is 6. The Morgan fingerprint density at radius 1 is 1.32 bits per heavy atom. The molecule has 0 spiro atoms. The number of amides is 1. The summed E-state index contributed by atoms with van der Waals surface area (Å²) in [5, 5.41) is 3.23. The summed E-state index contributed by atoms with van der Waals surface area (Å²) in [6.07, 6.45) is 2.54. The number of methoxy groups -OCH3 is 1. The normalized spacial score (nSPS) is 20.8. The van der Waals surface area contributed by atoms with E-state index >= 15 is 0 Å².